The maximum Gasteiger partial charge on any atom is 0.226 e. The summed E-state index contributed by atoms with van der Waals surface area (Å²) in [7, 11) is 1.41. The van der Waals surface area contributed by atoms with Crippen LogP contribution in [0.4, 0.5) is 5.82 Å². The molecular weight excluding hydrogens is 394 g/mol. The lowest BCUT2D eigenvalue weighted by molar-refractivity contribution is -0.116. The summed E-state index contributed by atoms with van der Waals surface area (Å²) in [4.78, 5) is 25.7. The minimum absolute atomic E-state index is 0.0110. The fourth-order valence-electron chi connectivity index (χ4n) is 3.60. The summed E-state index contributed by atoms with van der Waals surface area (Å²) in [6.07, 6.45) is 0.0110. The first-order valence-corrected chi connectivity index (χ1v) is 9.33. The van der Waals surface area contributed by atoms with Gasteiger partial charge in [0.05, 0.1) is 24.4 Å². The number of amides is 1. The van der Waals surface area contributed by atoms with Crippen LogP contribution in [-0.2, 0) is 4.79 Å². The van der Waals surface area contributed by atoms with Gasteiger partial charge in [0.15, 0.2) is 17.3 Å². The van der Waals surface area contributed by atoms with Crippen molar-refractivity contribution in [3.05, 3.63) is 64.3 Å². The van der Waals surface area contributed by atoms with E-state index in [1.165, 1.54) is 25.3 Å². The molecule has 1 amide bonds. The van der Waals surface area contributed by atoms with E-state index >= 15 is 0 Å². The quantitative estimate of drug-likeness (QED) is 0.636. The van der Waals surface area contributed by atoms with Gasteiger partial charge in [0.1, 0.15) is 5.82 Å². The fourth-order valence-corrected chi connectivity index (χ4v) is 3.78. The molecule has 1 atom stereocenters. The standard InChI is InChI=1S/C21H18ClN3O4/c1-11-19-15(20(28)12-6-7-16(26)17(8-12)29-2)10-18(27)23-21(19)25(24-11)14-5-3-4-13(22)9-14/h3-9,15,26H,10H2,1-2H3,(H,23,27). The van der Waals surface area contributed by atoms with Gasteiger partial charge in [-0.2, -0.15) is 5.10 Å². The van der Waals surface area contributed by atoms with E-state index < -0.39 is 5.92 Å². The molecule has 29 heavy (non-hydrogen) atoms. The van der Waals surface area contributed by atoms with E-state index in [0.717, 1.165) is 0 Å². The summed E-state index contributed by atoms with van der Waals surface area (Å²) >= 11 is 6.10. The van der Waals surface area contributed by atoms with Gasteiger partial charge in [-0.05, 0) is 43.3 Å². The van der Waals surface area contributed by atoms with Crippen LogP contribution < -0.4 is 10.1 Å². The van der Waals surface area contributed by atoms with E-state index in [2.05, 4.69) is 10.4 Å². The molecule has 2 aromatic carbocycles. The van der Waals surface area contributed by atoms with Crippen LogP contribution >= 0.6 is 11.6 Å². The molecule has 3 aromatic rings. The second-order valence-corrected chi connectivity index (χ2v) is 7.23. The Kier molecular flexibility index (Phi) is 4.76. The molecule has 0 radical (unpaired) electrons. The van der Waals surface area contributed by atoms with Gasteiger partial charge in [-0.1, -0.05) is 17.7 Å². The number of nitrogens with one attached hydrogen (secondary N) is 1. The zero-order valence-electron chi connectivity index (χ0n) is 15.8. The third kappa shape index (κ3) is 3.34. The predicted octanol–water partition coefficient (Wildman–Crippen LogP) is 3.86. The number of rotatable bonds is 4. The predicted molar refractivity (Wildman–Crippen MR) is 108 cm³/mol. The van der Waals surface area contributed by atoms with E-state index in [1.807, 2.05) is 6.07 Å². The maximum absolute atomic E-state index is 13.3. The highest BCUT2D eigenvalue weighted by Gasteiger charge is 2.36. The lowest BCUT2D eigenvalue weighted by Crippen LogP contribution is -2.28. The van der Waals surface area contributed by atoms with Crippen molar-refractivity contribution < 1.29 is 19.4 Å². The molecule has 0 fully saturated rings. The number of carbonyl (C=O) groups excluding carboxylic acids is 2. The molecular formula is C21H18ClN3O4. The number of anilines is 1. The van der Waals surface area contributed by atoms with Gasteiger partial charge in [0.2, 0.25) is 5.91 Å². The Balaban J connectivity index is 1.81. The Morgan fingerprint density at radius 1 is 1.31 bits per heavy atom. The third-order valence-electron chi connectivity index (χ3n) is 4.94. The minimum Gasteiger partial charge on any atom is -0.504 e. The topological polar surface area (TPSA) is 93.5 Å². The molecule has 0 spiro atoms. The maximum atomic E-state index is 13.3. The number of Topliss-reactive ketones (excluding diaryl/α,β-unsaturated/α-hetero) is 1. The first kappa shape index (κ1) is 19.0. The molecule has 1 aromatic heterocycles. The van der Waals surface area contributed by atoms with Gasteiger partial charge in [-0.3, -0.25) is 9.59 Å². The van der Waals surface area contributed by atoms with Crippen molar-refractivity contribution >= 4 is 29.1 Å². The lowest BCUT2D eigenvalue weighted by Gasteiger charge is -2.23. The summed E-state index contributed by atoms with van der Waals surface area (Å²) in [5, 5.41) is 17.7. The van der Waals surface area contributed by atoms with Gasteiger partial charge in [0, 0.05) is 22.6 Å². The number of aromatic nitrogens is 2. The molecule has 0 saturated heterocycles. The second kappa shape index (κ2) is 7.25. The highest BCUT2D eigenvalue weighted by atomic mass is 35.5. The molecule has 0 saturated carbocycles. The van der Waals surface area contributed by atoms with Crippen LogP contribution in [0.3, 0.4) is 0 Å². The first-order valence-electron chi connectivity index (χ1n) is 8.95. The highest BCUT2D eigenvalue weighted by molar-refractivity contribution is 6.30. The molecule has 7 nitrogen and oxygen atoms in total. The van der Waals surface area contributed by atoms with Crippen LogP contribution in [0.15, 0.2) is 42.5 Å². The van der Waals surface area contributed by atoms with Crippen molar-refractivity contribution in [3.63, 3.8) is 0 Å². The Labute approximate surface area is 171 Å². The highest BCUT2D eigenvalue weighted by Crippen LogP contribution is 2.39. The molecule has 0 bridgehead atoms. The molecule has 8 heteroatoms. The number of carbonyl (C=O) groups is 2. The minimum atomic E-state index is -0.694. The number of fused-ring (bicyclic) bond motifs is 1. The molecule has 1 aliphatic rings. The second-order valence-electron chi connectivity index (χ2n) is 6.80. The molecule has 0 aliphatic carbocycles. The number of benzene rings is 2. The van der Waals surface area contributed by atoms with Crippen LogP contribution in [0, 0.1) is 6.92 Å². The van der Waals surface area contributed by atoms with E-state index in [4.69, 9.17) is 16.3 Å². The SMILES string of the molecule is COc1cc(C(=O)C2CC(=O)Nc3c2c(C)nn3-c2cccc(Cl)c2)ccc1O. The number of aryl methyl sites for hydroxylation is 1. The monoisotopic (exact) mass is 411 g/mol. The Bertz CT molecular complexity index is 1140. The zero-order valence-corrected chi connectivity index (χ0v) is 16.5. The number of phenolic OH excluding ortho intramolecular Hbond substituents is 1. The van der Waals surface area contributed by atoms with Gasteiger partial charge >= 0.3 is 0 Å². The average molecular weight is 412 g/mol. The van der Waals surface area contributed by atoms with E-state index in [0.29, 0.717) is 33.3 Å². The van der Waals surface area contributed by atoms with Crippen molar-refractivity contribution in [2.45, 2.75) is 19.3 Å². The normalized spacial score (nSPS) is 15.6. The smallest absolute Gasteiger partial charge is 0.226 e. The summed E-state index contributed by atoms with van der Waals surface area (Å²) in [5.74, 6) is -0.609. The van der Waals surface area contributed by atoms with Crippen molar-refractivity contribution in [2.75, 3.05) is 12.4 Å². The largest absolute Gasteiger partial charge is 0.504 e. The molecule has 1 unspecified atom stereocenters. The third-order valence-corrected chi connectivity index (χ3v) is 5.17. The molecule has 2 heterocycles. The number of halogens is 1. The van der Waals surface area contributed by atoms with Crippen molar-refractivity contribution in [1.29, 1.82) is 0 Å². The number of ether oxygens (including phenoxy) is 1. The Hall–Kier alpha value is -3.32. The number of phenols is 1. The Morgan fingerprint density at radius 2 is 2.10 bits per heavy atom. The van der Waals surface area contributed by atoms with E-state index in [9.17, 15) is 14.7 Å². The van der Waals surface area contributed by atoms with Crippen molar-refractivity contribution in [2.24, 2.45) is 0 Å². The summed E-state index contributed by atoms with van der Waals surface area (Å²) in [6.45, 7) is 1.80. The zero-order chi connectivity index (χ0) is 20.7. The number of ketones is 1. The van der Waals surface area contributed by atoms with Crippen molar-refractivity contribution in [1.82, 2.24) is 9.78 Å². The van der Waals surface area contributed by atoms with Gasteiger partial charge in [0.25, 0.3) is 0 Å². The van der Waals surface area contributed by atoms with Crippen LogP contribution in [0.1, 0.15) is 34.0 Å². The van der Waals surface area contributed by atoms with Crippen LogP contribution in [-0.4, -0.2) is 33.7 Å². The first-order chi connectivity index (χ1) is 13.9. The molecule has 148 valence electrons. The number of methoxy groups -OCH3 is 1. The molecule has 4 rings (SSSR count). The lowest BCUT2D eigenvalue weighted by atomic mass is 9.85. The number of aromatic hydroxyl groups is 1. The summed E-state index contributed by atoms with van der Waals surface area (Å²) in [6, 6.07) is 11.5. The molecule has 1 aliphatic heterocycles. The van der Waals surface area contributed by atoms with Crippen molar-refractivity contribution in [3.8, 4) is 17.2 Å². The summed E-state index contributed by atoms with van der Waals surface area (Å²) < 4.78 is 6.69. The van der Waals surface area contributed by atoms with Crippen LogP contribution in [0.5, 0.6) is 11.5 Å². The number of hydrogen-bond donors (Lipinski definition) is 2. The summed E-state index contributed by atoms with van der Waals surface area (Å²) in [5.41, 5.74) is 2.34. The van der Waals surface area contributed by atoms with Gasteiger partial charge < -0.3 is 15.2 Å². The van der Waals surface area contributed by atoms with E-state index in [1.54, 1.807) is 29.8 Å². The average Bonchev–Trinajstić information content (AvgIpc) is 3.03. The van der Waals surface area contributed by atoms with Gasteiger partial charge in [-0.25, -0.2) is 4.68 Å². The fraction of sp³-hybridized carbons (Fsp3) is 0.190. The number of nitrogens with zero attached hydrogens (tertiary/aromatic N) is 2. The molecule has 2 N–H and O–H groups in total. The van der Waals surface area contributed by atoms with Crippen LogP contribution in [0.2, 0.25) is 5.02 Å². The van der Waals surface area contributed by atoms with Crippen LogP contribution in [0.25, 0.3) is 5.69 Å². The van der Waals surface area contributed by atoms with Gasteiger partial charge in [-0.15, -0.1) is 0 Å². The Morgan fingerprint density at radius 3 is 2.83 bits per heavy atom. The number of hydrogen-bond acceptors (Lipinski definition) is 5. The van der Waals surface area contributed by atoms with E-state index in [-0.39, 0.29) is 29.6 Å².